The minimum atomic E-state index is 0.0296. The van der Waals surface area contributed by atoms with Crippen LogP contribution in [-0.4, -0.2) is 12.3 Å². The zero-order valence-electron chi connectivity index (χ0n) is 11.4. The quantitative estimate of drug-likeness (QED) is 0.649. The normalized spacial score (nSPS) is 11.3. The van der Waals surface area contributed by atoms with Crippen molar-refractivity contribution in [3.05, 3.63) is 60.3 Å². The van der Waals surface area contributed by atoms with E-state index < -0.39 is 0 Å². The zero-order valence-corrected chi connectivity index (χ0v) is 11.4. The van der Waals surface area contributed by atoms with Crippen molar-refractivity contribution in [3.63, 3.8) is 0 Å². The lowest BCUT2D eigenvalue weighted by Crippen LogP contribution is -2.13. The van der Waals surface area contributed by atoms with Crippen LogP contribution in [-0.2, 0) is 0 Å². The fourth-order valence-electron chi connectivity index (χ4n) is 1.88. The number of benzene rings is 2. The highest BCUT2D eigenvalue weighted by Crippen LogP contribution is 2.16. The van der Waals surface area contributed by atoms with Crippen LogP contribution < -0.4 is 5.32 Å². The van der Waals surface area contributed by atoms with Gasteiger partial charge in [-0.1, -0.05) is 50.2 Å². The third-order valence-electron chi connectivity index (χ3n) is 2.91. The Morgan fingerprint density at radius 1 is 1.16 bits per heavy atom. The van der Waals surface area contributed by atoms with Crippen LogP contribution in [0.1, 0.15) is 24.2 Å². The van der Waals surface area contributed by atoms with E-state index in [4.69, 9.17) is 0 Å². The molecule has 0 unspecified atom stereocenters. The van der Waals surface area contributed by atoms with E-state index in [1.165, 1.54) is 0 Å². The van der Waals surface area contributed by atoms with Gasteiger partial charge in [-0.3, -0.25) is 4.79 Å². The van der Waals surface area contributed by atoms with Crippen LogP contribution in [0.15, 0.2) is 54.7 Å². The lowest BCUT2D eigenvalue weighted by atomic mass is 10.0. The third kappa shape index (κ3) is 3.68. The second-order valence-corrected chi connectivity index (χ2v) is 5.06. The molecule has 2 rings (SSSR count). The Kier molecular flexibility index (Phi) is 4.35. The SMILES string of the molecule is CC(C)CN/C=C/C(=O)c1ccc2ccccc2c1. The standard InChI is InChI=1S/C17H19NO/c1-13(2)12-18-10-9-17(19)16-8-7-14-5-3-4-6-15(14)11-16/h3-11,13,18H,12H2,1-2H3/b10-9+. The van der Waals surface area contributed by atoms with Gasteiger partial charge in [0.15, 0.2) is 5.78 Å². The highest BCUT2D eigenvalue weighted by molar-refractivity contribution is 6.06. The van der Waals surface area contributed by atoms with Gasteiger partial charge < -0.3 is 5.32 Å². The minimum Gasteiger partial charge on any atom is -0.391 e. The molecule has 1 N–H and O–H groups in total. The van der Waals surface area contributed by atoms with Crippen molar-refractivity contribution in [3.8, 4) is 0 Å². The fourth-order valence-corrected chi connectivity index (χ4v) is 1.88. The molecule has 2 aromatic rings. The van der Waals surface area contributed by atoms with Crippen molar-refractivity contribution in [2.75, 3.05) is 6.54 Å². The first-order valence-electron chi connectivity index (χ1n) is 6.60. The minimum absolute atomic E-state index is 0.0296. The van der Waals surface area contributed by atoms with Crippen molar-refractivity contribution in [1.29, 1.82) is 0 Å². The molecule has 0 atom stereocenters. The molecular formula is C17H19NO. The molecule has 0 fully saturated rings. The average molecular weight is 253 g/mol. The number of allylic oxidation sites excluding steroid dienone is 1. The molecule has 98 valence electrons. The second-order valence-electron chi connectivity index (χ2n) is 5.06. The summed E-state index contributed by atoms with van der Waals surface area (Å²) in [7, 11) is 0. The Morgan fingerprint density at radius 3 is 2.63 bits per heavy atom. The summed E-state index contributed by atoms with van der Waals surface area (Å²) >= 11 is 0. The first-order chi connectivity index (χ1) is 9.16. The summed E-state index contributed by atoms with van der Waals surface area (Å²) in [6.45, 7) is 5.14. The van der Waals surface area contributed by atoms with Crippen molar-refractivity contribution in [2.45, 2.75) is 13.8 Å². The molecule has 0 aliphatic heterocycles. The molecule has 2 heteroatoms. The van der Waals surface area contributed by atoms with E-state index in [1.54, 1.807) is 12.3 Å². The van der Waals surface area contributed by atoms with E-state index in [0.29, 0.717) is 5.92 Å². The maximum absolute atomic E-state index is 12.0. The number of fused-ring (bicyclic) bond motifs is 1. The van der Waals surface area contributed by atoms with Gasteiger partial charge in [-0.05, 0) is 22.8 Å². The number of nitrogens with one attached hydrogen (secondary N) is 1. The molecule has 0 saturated carbocycles. The Balaban J connectivity index is 2.09. The Bertz CT molecular complexity index is 599. The number of hydrogen-bond donors (Lipinski definition) is 1. The summed E-state index contributed by atoms with van der Waals surface area (Å²) in [4.78, 5) is 12.0. The molecule has 0 spiro atoms. The maximum Gasteiger partial charge on any atom is 0.187 e. The zero-order chi connectivity index (χ0) is 13.7. The van der Waals surface area contributed by atoms with Gasteiger partial charge in [0.25, 0.3) is 0 Å². The van der Waals surface area contributed by atoms with E-state index >= 15 is 0 Å². The molecule has 0 aliphatic carbocycles. The lowest BCUT2D eigenvalue weighted by Gasteiger charge is -2.03. The average Bonchev–Trinajstić information content (AvgIpc) is 2.42. The van der Waals surface area contributed by atoms with Gasteiger partial charge in [0.05, 0.1) is 0 Å². The van der Waals surface area contributed by atoms with E-state index in [9.17, 15) is 4.79 Å². The van der Waals surface area contributed by atoms with E-state index in [1.807, 2.05) is 42.5 Å². The second kappa shape index (κ2) is 6.19. The molecule has 0 aliphatic rings. The largest absolute Gasteiger partial charge is 0.391 e. The number of hydrogen-bond acceptors (Lipinski definition) is 2. The summed E-state index contributed by atoms with van der Waals surface area (Å²) in [6, 6.07) is 13.8. The van der Waals surface area contributed by atoms with Crippen LogP contribution in [0.25, 0.3) is 10.8 Å². The topological polar surface area (TPSA) is 29.1 Å². The van der Waals surface area contributed by atoms with Gasteiger partial charge >= 0.3 is 0 Å². The van der Waals surface area contributed by atoms with E-state index in [2.05, 4.69) is 19.2 Å². The molecule has 0 bridgehead atoms. The van der Waals surface area contributed by atoms with Gasteiger partial charge in [0, 0.05) is 24.4 Å². The van der Waals surface area contributed by atoms with Gasteiger partial charge in [0.1, 0.15) is 0 Å². The Hall–Kier alpha value is -2.09. The summed E-state index contributed by atoms with van der Waals surface area (Å²) < 4.78 is 0. The molecule has 0 saturated heterocycles. The van der Waals surface area contributed by atoms with Crippen LogP contribution in [0.3, 0.4) is 0 Å². The third-order valence-corrected chi connectivity index (χ3v) is 2.91. The van der Waals surface area contributed by atoms with Gasteiger partial charge in [-0.15, -0.1) is 0 Å². The molecule has 0 amide bonds. The summed E-state index contributed by atoms with van der Waals surface area (Å²) in [5.41, 5.74) is 0.723. The smallest absolute Gasteiger partial charge is 0.187 e. The highest BCUT2D eigenvalue weighted by atomic mass is 16.1. The first-order valence-corrected chi connectivity index (χ1v) is 6.60. The summed E-state index contributed by atoms with van der Waals surface area (Å²) in [6.07, 6.45) is 3.32. The van der Waals surface area contributed by atoms with Crippen molar-refractivity contribution in [1.82, 2.24) is 5.32 Å². The summed E-state index contributed by atoms with van der Waals surface area (Å²) in [5, 5.41) is 5.37. The number of carbonyl (C=O) groups is 1. The monoisotopic (exact) mass is 253 g/mol. The van der Waals surface area contributed by atoms with Crippen LogP contribution in [0.2, 0.25) is 0 Å². The molecule has 0 heterocycles. The molecular weight excluding hydrogens is 234 g/mol. The molecule has 0 aromatic heterocycles. The van der Waals surface area contributed by atoms with Gasteiger partial charge in [-0.2, -0.15) is 0 Å². The van der Waals surface area contributed by atoms with Crippen molar-refractivity contribution >= 4 is 16.6 Å². The van der Waals surface area contributed by atoms with Crippen molar-refractivity contribution in [2.24, 2.45) is 5.92 Å². The number of ketones is 1. The molecule has 0 radical (unpaired) electrons. The van der Waals surface area contributed by atoms with E-state index in [0.717, 1.165) is 22.9 Å². The van der Waals surface area contributed by atoms with Gasteiger partial charge in [-0.25, -0.2) is 0 Å². The van der Waals surface area contributed by atoms with E-state index in [-0.39, 0.29) is 5.78 Å². The molecule has 2 aromatic carbocycles. The van der Waals surface area contributed by atoms with Crippen LogP contribution in [0, 0.1) is 5.92 Å². The number of carbonyl (C=O) groups excluding carboxylic acids is 1. The number of rotatable bonds is 5. The fraction of sp³-hybridized carbons (Fsp3) is 0.235. The summed E-state index contributed by atoms with van der Waals surface area (Å²) in [5.74, 6) is 0.599. The Labute approximate surface area is 114 Å². The highest BCUT2D eigenvalue weighted by Gasteiger charge is 2.02. The molecule has 19 heavy (non-hydrogen) atoms. The predicted molar refractivity (Wildman–Crippen MR) is 80.3 cm³/mol. The van der Waals surface area contributed by atoms with Crippen LogP contribution >= 0.6 is 0 Å². The predicted octanol–water partition coefficient (Wildman–Crippen LogP) is 3.78. The molecule has 2 nitrogen and oxygen atoms in total. The lowest BCUT2D eigenvalue weighted by molar-refractivity contribution is 0.104. The maximum atomic E-state index is 12.0. The Morgan fingerprint density at radius 2 is 1.89 bits per heavy atom. The van der Waals surface area contributed by atoms with Crippen LogP contribution in [0.5, 0.6) is 0 Å². The van der Waals surface area contributed by atoms with Crippen LogP contribution in [0.4, 0.5) is 0 Å². The van der Waals surface area contributed by atoms with Crippen molar-refractivity contribution < 1.29 is 4.79 Å². The van der Waals surface area contributed by atoms with Gasteiger partial charge in [0.2, 0.25) is 0 Å². The first kappa shape index (κ1) is 13.3.